The van der Waals surface area contributed by atoms with Gasteiger partial charge in [0.25, 0.3) is 0 Å². The third-order valence-corrected chi connectivity index (χ3v) is 4.95. The number of rotatable bonds is 5. The number of carbonyl (C=O) groups is 1. The van der Waals surface area contributed by atoms with E-state index in [-0.39, 0.29) is 12.1 Å². The van der Waals surface area contributed by atoms with Crippen molar-refractivity contribution in [1.29, 1.82) is 0 Å². The lowest BCUT2D eigenvalue weighted by molar-refractivity contribution is 0.150. The van der Waals surface area contributed by atoms with Crippen molar-refractivity contribution in [3.05, 3.63) is 48.0 Å². The number of benzene rings is 1. The number of nitrogens with zero attached hydrogens (tertiary/aromatic N) is 3. The lowest BCUT2D eigenvalue weighted by Crippen LogP contribution is -2.44. The van der Waals surface area contributed by atoms with Crippen LogP contribution in [0.4, 0.5) is 4.79 Å². The molecule has 1 aromatic heterocycles. The number of hydrogen-bond acceptors (Lipinski definition) is 3. The van der Waals surface area contributed by atoms with Crippen LogP contribution in [0, 0.1) is 0 Å². The molecule has 1 atom stereocenters. The summed E-state index contributed by atoms with van der Waals surface area (Å²) >= 11 is 0. The van der Waals surface area contributed by atoms with Crippen molar-refractivity contribution in [2.45, 2.75) is 51.7 Å². The molecule has 6 heteroatoms. The van der Waals surface area contributed by atoms with Crippen LogP contribution in [0.5, 0.6) is 5.75 Å². The molecule has 1 aliphatic rings. The molecule has 2 heterocycles. The number of ether oxygens (including phenoxy) is 1. The Kier molecular flexibility index (Phi) is 5.81. The quantitative estimate of drug-likeness (QED) is 0.884. The number of piperidine rings is 1. The molecule has 1 unspecified atom stereocenters. The highest BCUT2D eigenvalue weighted by Crippen LogP contribution is 2.32. The minimum atomic E-state index is -0.0316. The molecule has 0 aliphatic carbocycles. The summed E-state index contributed by atoms with van der Waals surface area (Å²) in [6, 6.07) is 8.40. The lowest BCUT2D eigenvalue weighted by atomic mass is 9.95. The Morgan fingerprint density at radius 2 is 2.23 bits per heavy atom. The van der Waals surface area contributed by atoms with Crippen LogP contribution in [0.3, 0.4) is 0 Å². The maximum atomic E-state index is 12.9. The van der Waals surface area contributed by atoms with Gasteiger partial charge in [-0.15, -0.1) is 0 Å². The molecule has 1 N–H and O–H groups in total. The molecule has 2 amide bonds. The minimum Gasteiger partial charge on any atom is -0.497 e. The third kappa shape index (κ3) is 4.00. The zero-order chi connectivity index (χ0) is 18.5. The minimum absolute atomic E-state index is 0.0316. The molecule has 0 radical (unpaired) electrons. The first-order valence-corrected chi connectivity index (χ1v) is 9.30. The average Bonchev–Trinajstić information content (AvgIpc) is 3.15. The summed E-state index contributed by atoms with van der Waals surface area (Å²) in [5, 5.41) is 3.05. The molecule has 1 aliphatic heterocycles. The zero-order valence-corrected chi connectivity index (χ0v) is 15.8. The fourth-order valence-electron chi connectivity index (χ4n) is 3.58. The number of urea groups is 1. The summed E-state index contributed by atoms with van der Waals surface area (Å²) in [6.07, 6.45) is 6.87. The molecule has 0 spiro atoms. The highest BCUT2D eigenvalue weighted by Gasteiger charge is 2.28. The maximum absolute atomic E-state index is 12.9. The van der Waals surface area contributed by atoms with Gasteiger partial charge in [-0.2, -0.15) is 0 Å². The highest BCUT2D eigenvalue weighted by molar-refractivity contribution is 5.74. The summed E-state index contributed by atoms with van der Waals surface area (Å²) < 4.78 is 7.42. The van der Waals surface area contributed by atoms with Crippen LogP contribution in [0.15, 0.2) is 36.7 Å². The normalized spacial score (nSPS) is 17.4. The van der Waals surface area contributed by atoms with Crippen LogP contribution < -0.4 is 10.1 Å². The van der Waals surface area contributed by atoms with Crippen LogP contribution in [-0.2, 0) is 6.54 Å². The molecule has 1 saturated heterocycles. The summed E-state index contributed by atoms with van der Waals surface area (Å²) in [5.41, 5.74) is 1.13. The van der Waals surface area contributed by atoms with Gasteiger partial charge in [0.05, 0.1) is 19.7 Å². The molecule has 1 fully saturated rings. The van der Waals surface area contributed by atoms with E-state index in [2.05, 4.69) is 34.8 Å². The van der Waals surface area contributed by atoms with Gasteiger partial charge in [-0.05, 0) is 50.8 Å². The SMILES string of the molecule is COc1cccc(C2CCCCN2C(=O)NCc2nccn2C(C)C)c1. The summed E-state index contributed by atoms with van der Waals surface area (Å²) in [4.78, 5) is 19.2. The van der Waals surface area contributed by atoms with Crippen LogP contribution in [0.25, 0.3) is 0 Å². The van der Waals surface area contributed by atoms with E-state index in [1.165, 1.54) is 0 Å². The Morgan fingerprint density at radius 1 is 1.38 bits per heavy atom. The second-order valence-electron chi connectivity index (χ2n) is 6.98. The van der Waals surface area contributed by atoms with E-state index in [0.717, 1.165) is 42.9 Å². The van der Waals surface area contributed by atoms with E-state index < -0.39 is 0 Å². The van der Waals surface area contributed by atoms with Crippen LogP contribution >= 0.6 is 0 Å². The van der Waals surface area contributed by atoms with Crippen molar-refractivity contribution in [3.63, 3.8) is 0 Å². The zero-order valence-electron chi connectivity index (χ0n) is 15.8. The molecule has 6 nitrogen and oxygen atoms in total. The van der Waals surface area contributed by atoms with Gasteiger partial charge in [-0.1, -0.05) is 12.1 Å². The van der Waals surface area contributed by atoms with Crippen molar-refractivity contribution >= 4 is 6.03 Å². The number of aromatic nitrogens is 2. The molecule has 26 heavy (non-hydrogen) atoms. The van der Waals surface area contributed by atoms with E-state index in [1.54, 1.807) is 13.3 Å². The highest BCUT2D eigenvalue weighted by atomic mass is 16.5. The third-order valence-electron chi connectivity index (χ3n) is 4.95. The molecule has 3 rings (SSSR count). The largest absolute Gasteiger partial charge is 0.497 e. The first-order valence-electron chi connectivity index (χ1n) is 9.30. The van der Waals surface area contributed by atoms with E-state index >= 15 is 0 Å². The van der Waals surface area contributed by atoms with Gasteiger partial charge in [0.15, 0.2) is 0 Å². The van der Waals surface area contributed by atoms with Gasteiger partial charge in [0.1, 0.15) is 11.6 Å². The van der Waals surface area contributed by atoms with Crippen molar-refractivity contribution in [3.8, 4) is 5.75 Å². The number of amides is 2. The Labute approximate surface area is 155 Å². The molecule has 0 bridgehead atoms. The number of nitrogens with one attached hydrogen (secondary N) is 1. The number of imidazole rings is 1. The Bertz CT molecular complexity index is 741. The number of likely N-dealkylation sites (tertiary alicyclic amines) is 1. The molecule has 0 saturated carbocycles. The number of methoxy groups -OCH3 is 1. The van der Waals surface area contributed by atoms with E-state index in [1.807, 2.05) is 29.3 Å². The van der Waals surface area contributed by atoms with Crippen LogP contribution in [-0.4, -0.2) is 34.1 Å². The van der Waals surface area contributed by atoms with Gasteiger partial charge < -0.3 is 19.5 Å². The summed E-state index contributed by atoms with van der Waals surface area (Å²) in [7, 11) is 1.67. The summed E-state index contributed by atoms with van der Waals surface area (Å²) in [6.45, 7) is 5.42. The summed E-state index contributed by atoms with van der Waals surface area (Å²) in [5.74, 6) is 1.70. The van der Waals surface area contributed by atoms with Gasteiger partial charge >= 0.3 is 6.03 Å². The topological polar surface area (TPSA) is 59.4 Å². The smallest absolute Gasteiger partial charge is 0.318 e. The Balaban J connectivity index is 1.70. The molecular formula is C20H28N4O2. The van der Waals surface area contributed by atoms with Crippen LogP contribution in [0.2, 0.25) is 0 Å². The van der Waals surface area contributed by atoms with E-state index in [9.17, 15) is 4.79 Å². The van der Waals surface area contributed by atoms with E-state index in [4.69, 9.17) is 4.74 Å². The number of hydrogen-bond donors (Lipinski definition) is 1. The van der Waals surface area contributed by atoms with Crippen LogP contribution in [0.1, 0.15) is 56.6 Å². The Hall–Kier alpha value is -2.50. The second-order valence-corrected chi connectivity index (χ2v) is 6.98. The first kappa shape index (κ1) is 18.3. The first-order chi connectivity index (χ1) is 12.6. The fraction of sp³-hybridized carbons (Fsp3) is 0.500. The van der Waals surface area contributed by atoms with Crippen molar-refractivity contribution < 1.29 is 9.53 Å². The predicted octanol–water partition coefficient (Wildman–Crippen LogP) is 3.91. The monoisotopic (exact) mass is 356 g/mol. The fourth-order valence-corrected chi connectivity index (χ4v) is 3.58. The second kappa shape index (κ2) is 8.25. The number of carbonyl (C=O) groups excluding carboxylic acids is 1. The lowest BCUT2D eigenvalue weighted by Gasteiger charge is -2.36. The van der Waals surface area contributed by atoms with Gasteiger partial charge in [0.2, 0.25) is 0 Å². The predicted molar refractivity (Wildman–Crippen MR) is 101 cm³/mol. The van der Waals surface area contributed by atoms with Gasteiger partial charge in [0, 0.05) is 25.0 Å². The maximum Gasteiger partial charge on any atom is 0.318 e. The Morgan fingerprint density at radius 3 is 3.00 bits per heavy atom. The molecule has 140 valence electrons. The van der Waals surface area contributed by atoms with Crippen molar-refractivity contribution in [2.24, 2.45) is 0 Å². The molecule has 1 aromatic carbocycles. The average molecular weight is 356 g/mol. The molecule has 2 aromatic rings. The van der Waals surface area contributed by atoms with E-state index in [0.29, 0.717) is 12.6 Å². The van der Waals surface area contributed by atoms with Crippen molar-refractivity contribution in [1.82, 2.24) is 19.8 Å². The van der Waals surface area contributed by atoms with Gasteiger partial charge in [-0.3, -0.25) is 0 Å². The van der Waals surface area contributed by atoms with Crippen molar-refractivity contribution in [2.75, 3.05) is 13.7 Å². The standard InChI is InChI=1S/C20H28N4O2/c1-15(2)23-12-10-21-19(23)14-22-20(25)24-11-5-4-9-18(24)16-7-6-8-17(13-16)26-3/h6-8,10,12-13,15,18H,4-5,9,11,14H2,1-3H3,(H,22,25). The molecular weight excluding hydrogens is 328 g/mol. The van der Waals surface area contributed by atoms with Gasteiger partial charge in [-0.25, -0.2) is 9.78 Å².